The van der Waals surface area contributed by atoms with Gasteiger partial charge in [-0.2, -0.15) is 0 Å². The largest absolute Gasteiger partial charge is 0.397 e. The van der Waals surface area contributed by atoms with E-state index in [1.807, 2.05) is 35.6 Å². The highest BCUT2D eigenvalue weighted by Gasteiger charge is 2.00. The quantitative estimate of drug-likeness (QED) is 0.579. The van der Waals surface area contributed by atoms with E-state index in [4.69, 9.17) is 17.3 Å². The standard InChI is InChI=1S/C6H6ClIN2/c1-3-2-4(9)6(8)10-5(3)7/h2H,9H2,1H3. The molecule has 4 heteroatoms. The lowest BCUT2D eigenvalue weighted by molar-refractivity contribution is 1.23. The molecule has 0 aromatic carbocycles. The first-order valence-corrected chi connectivity index (χ1v) is 4.15. The molecular weight excluding hydrogens is 262 g/mol. The number of nitrogen functional groups attached to an aromatic ring is 1. The summed E-state index contributed by atoms with van der Waals surface area (Å²) in [7, 11) is 0. The van der Waals surface area contributed by atoms with E-state index >= 15 is 0 Å². The van der Waals surface area contributed by atoms with Crippen molar-refractivity contribution < 1.29 is 0 Å². The Labute approximate surface area is 77.9 Å². The molecule has 1 aromatic rings. The summed E-state index contributed by atoms with van der Waals surface area (Å²) in [5, 5.41) is 0.526. The number of hydrogen-bond acceptors (Lipinski definition) is 2. The number of hydrogen-bond donors (Lipinski definition) is 1. The molecule has 0 aliphatic carbocycles. The topological polar surface area (TPSA) is 38.9 Å². The number of pyridine rings is 1. The van der Waals surface area contributed by atoms with E-state index in [0.717, 1.165) is 9.26 Å². The number of aromatic nitrogens is 1. The molecule has 0 atom stereocenters. The van der Waals surface area contributed by atoms with Gasteiger partial charge in [0, 0.05) is 0 Å². The third-order valence-electron chi connectivity index (χ3n) is 1.13. The van der Waals surface area contributed by atoms with Gasteiger partial charge < -0.3 is 5.73 Å². The van der Waals surface area contributed by atoms with E-state index in [1.165, 1.54) is 0 Å². The Hall–Kier alpha value is -0.0300. The zero-order valence-electron chi connectivity index (χ0n) is 5.36. The minimum absolute atomic E-state index is 0.526. The molecule has 0 saturated heterocycles. The summed E-state index contributed by atoms with van der Waals surface area (Å²) in [5.41, 5.74) is 7.16. The maximum Gasteiger partial charge on any atom is 0.133 e. The van der Waals surface area contributed by atoms with Gasteiger partial charge in [0.2, 0.25) is 0 Å². The number of nitrogens with zero attached hydrogens (tertiary/aromatic N) is 1. The van der Waals surface area contributed by atoms with Gasteiger partial charge in [0.15, 0.2) is 0 Å². The molecule has 0 unspecified atom stereocenters. The van der Waals surface area contributed by atoms with E-state index in [9.17, 15) is 0 Å². The number of halogens is 2. The summed E-state index contributed by atoms with van der Waals surface area (Å²) in [5.74, 6) is 0. The Balaban J connectivity index is 3.28. The van der Waals surface area contributed by atoms with Gasteiger partial charge in [-0.05, 0) is 41.1 Å². The zero-order chi connectivity index (χ0) is 7.72. The van der Waals surface area contributed by atoms with Gasteiger partial charge in [0.25, 0.3) is 0 Å². The highest BCUT2D eigenvalue weighted by molar-refractivity contribution is 14.1. The molecule has 54 valence electrons. The van der Waals surface area contributed by atoms with Gasteiger partial charge in [-0.25, -0.2) is 4.98 Å². The summed E-state index contributed by atoms with van der Waals surface area (Å²) >= 11 is 7.76. The van der Waals surface area contributed by atoms with Crippen molar-refractivity contribution in [2.45, 2.75) is 6.92 Å². The zero-order valence-corrected chi connectivity index (χ0v) is 8.27. The molecule has 0 aliphatic heterocycles. The van der Waals surface area contributed by atoms with Gasteiger partial charge in [0.05, 0.1) is 5.69 Å². The highest BCUT2D eigenvalue weighted by Crippen LogP contribution is 2.19. The fourth-order valence-electron chi connectivity index (χ4n) is 0.591. The summed E-state index contributed by atoms with van der Waals surface area (Å²) in [4.78, 5) is 4.00. The molecule has 0 amide bonds. The van der Waals surface area contributed by atoms with E-state index < -0.39 is 0 Å². The average molecular weight is 268 g/mol. The Morgan fingerprint density at radius 2 is 2.30 bits per heavy atom. The predicted octanol–water partition coefficient (Wildman–Crippen LogP) is 2.23. The molecular formula is C6H6ClIN2. The van der Waals surface area contributed by atoms with Crippen molar-refractivity contribution in [3.05, 3.63) is 20.5 Å². The Bertz CT molecular complexity index is 212. The van der Waals surface area contributed by atoms with Crippen LogP contribution in [0.1, 0.15) is 5.56 Å². The van der Waals surface area contributed by atoms with E-state index in [2.05, 4.69) is 4.98 Å². The first-order valence-electron chi connectivity index (χ1n) is 2.69. The van der Waals surface area contributed by atoms with Crippen LogP contribution in [-0.4, -0.2) is 4.98 Å². The molecule has 1 rings (SSSR count). The van der Waals surface area contributed by atoms with Crippen LogP contribution in [0, 0.1) is 10.6 Å². The third kappa shape index (κ3) is 1.52. The van der Waals surface area contributed by atoms with Gasteiger partial charge >= 0.3 is 0 Å². The highest BCUT2D eigenvalue weighted by atomic mass is 127. The third-order valence-corrected chi connectivity index (χ3v) is 2.38. The maximum absolute atomic E-state index is 5.71. The van der Waals surface area contributed by atoms with Crippen molar-refractivity contribution in [1.82, 2.24) is 4.98 Å². The van der Waals surface area contributed by atoms with Crippen LogP contribution in [0.3, 0.4) is 0 Å². The van der Waals surface area contributed by atoms with Crippen LogP contribution in [0.5, 0.6) is 0 Å². The first kappa shape index (κ1) is 8.07. The lowest BCUT2D eigenvalue weighted by atomic mass is 10.3. The predicted molar refractivity (Wildman–Crippen MR) is 51.1 cm³/mol. The molecule has 10 heavy (non-hydrogen) atoms. The fourth-order valence-corrected chi connectivity index (χ4v) is 1.27. The molecule has 1 heterocycles. The van der Waals surface area contributed by atoms with E-state index in [0.29, 0.717) is 10.8 Å². The van der Waals surface area contributed by atoms with E-state index in [1.54, 1.807) is 0 Å². The molecule has 0 aliphatic rings. The average Bonchev–Trinajstić information content (AvgIpc) is 1.84. The van der Waals surface area contributed by atoms with Crippen molar-refractivity contribution >= 4 is 39.9 Å². The van der Waals surface area contributed by atoms with Crippen molar-refractivity contribution in [1.29, 1.82) is 0 Å². The normalized spacial score (nSPS) is 9.90. The van der Waals surface area contributed by atoms with Gasteiger partial charge in [-0.3, -0.25) is 0 Å². The summed E-state index contributed by atoms with van der Waals surface area (Å²) in [6.45, 7) is 1.88. The lowest BCUT2D eigenvalue weighted by Gasteiger charge is -1.99. The molecule has 2 nitrogen and oxygen atoms in total. The van der Waals surface area contributed by atoms with Gasteiger partial charge in [-0.1, -0.05) is 11.6 Å². The van der Waals surface area contributed by atoms with E-state index in [-0.39, 0.29) is 0 Å². The smallest absolute Gasteiger partial charge is 0.133 e. The van der Waals surface area contributed by atoms with Crippen LogP contribution < -0.4 is 5.73 Å². The molecule has 0 saturated carbocycles. The van der Waals surface area contributed by atoms with Crippen molar-refractivity contribution in [3.8, 4) is 0 Å². The number of nitrogens with two attached hydrogens (primary N) is 1. The minimum Gasteiger partial charge on any atom is -0.397 e. The molecule has 1 aromatic heterocycles. The molecule has 0 spiro atoms. The molecule has 0 fully saturated rings. The van der Waals surface area contributed by atoms with Crippen LogP contribution in [0.15, 0.2) is 6.07 Å². The second-order valence-electron chi connectivity index (χ2n) is 1.98. The molecule has 2 N–H and O–H groups in total. The van der Waals surface area contributed by atoms with Crippen molar-refractivity contribution in [2.24, 2.45) is 0 Å². The van der Waals surface area contributed by atoms with Crippen LogP contribution >= 0.6 is 34.2 Å². The van der Waals surface area contributed by atoms with Gasteiger partial charge in [-0.15, -0.1) is 0 Å². The van der Waals surface area contributed by atoms with Crippen molar-refractivity contribution in [3.63, 3.8) is 0 Å². The minimum atomic E-state index is 0.526. The summed E-state index contributed by atoms with van der Waals surface area (Å²) < 4.78 is 0.758. The van der Waals surface area contributed by atoms with Crippen LogP contribution in [-0.2, 0) is 0 Å². The fraction of sp³-hybridized carbons (Fsp3) is 0.167. The first-order chi connectivity index (χ1) is 4.61. The van der Waals surface area contributed by atoms with Crippen LogP contribution in [0.4, 0.5) is 5.69 Å². The van der Waals surface area contributed by atoms with Crippen molar-refractivity contribution in [2.75, 3.05) is 5.73 Å². The molecule has 0 radical (unpaired) electrons. The van der Waals surface area contributed by atoms with Crippen LogP contribution in [0.2, 0.25) is 5.15 Å². The second-order valence-corrected chi connectivity index (χ2v) is 3.36. The number of anilines is 1. The maximum atomic E-state index is 5.71. The second kappa shape index (κ2) is 2.92. The Kier molecular flexibility index (Phi) is 2.36. The van der Waals surface area contributed by atoms with Gasteiger partial charge in [0.1, 0.15) is 8.85 Å². The SMILES string of the molecule is Cc1cc(N)c(I)nc1Cl. The lowest BCUT2D eigenvalue weighted by Crippen LogP contribution is -1.94. The summed E-state index contributed by atoms with van der Waals surface area (Å²) in [6, 6.07) is 1.82. The van der Waals surface area contributed by atoms with Crippen LogP contribution in [0.25, 0.3) is 0 Å². The number of aryl methyl sites for hydroxylation is 1. The monoisotopic (exact) mass is 268 g/mol. The summed E-state index contributed by atoms with van der Waals surface area (Å²) in [6.07, 6.45) is 0. The number of rotatable bonds is 0. The Morgan fingerprint density at radius 3 is 2.80 bits per heavy atom. The Morgan fingerprint density at radius 1 is 1.70 bits per heavy atom. The molecule has 0 bridgehead atoms.